The monoisotopic (exact) mass is 278 g/mol. The molecule has 5 heteroatoms. The zero-order chi connectivity index (χ0) is 15.3. The average molecular weight is 278 g/mol. The molecule has 0 aliphatic carbocycles. The van der Waals surface area contributed by atoms with E-state index in [1.54, 1.807) is 13.1 Å². The fourth-order valence-corrected chi connectivity index (χ4v) is 1.58. The third kappa shape index (κ3) is 4.20. The van der Waals surface area contributed by atoms with Gasteiger partial charge in [0.1, 0.15) is 5.82 Å². The Balaban J connectivity index is 2.82. The van der Waals surface area contributed by atoms with Gasteiger partial charge in [-0.2, -0.15) is 0 Å². The number of hydrogen-bond donors (Lipinski definition) is 2. The molecule has 0 unspecified atom stereocenters. The summed E-state index contributed by atoms with van der Waals surface area (Å²) in [5, 5.41) is 5.98. The van der Waals surface area contributed by atoms with E-state index in [4.69, 9.17) is 0 Å². The van der Waals surface area contributed by atoms with Crippen molar-refractivity contribution in [3.63, 3.8) is 0 Å². The van der Waals surface area contributed by atoms with E-state index in [9.17, 15) is 4.79 Å². The Hall–Kier alpha value is -1.62. The van der Waals surface area contributed by atoms with Gasteiger partial charge < -0.3 is 15.5 Å². The highest BCUT2D eigenvalue weighted by molar-refractivity contribution is 5.95. The molecule has 0 aliphatic rings. The van der Waals surface area contributed by atoms with E-state index in [2.05, 4.69) is 34.4 Å². The predicted molar refractivity (Wildman–Crippen MR) is 83.3 cm³/mol. The van der Waals surface area contributed by atoms with Gasteiger partial charge in [-0.3, -0.25) is 4.79 Å². The Morgan fingerprint density at radius 2 is 2.00 bits per heavy atom. The van der Waals surface area contributed by atoms with Crippen LogP contribution in [0.25, 0.3) is 0 Å². The molecule has 0 bridgehead atoms. The van der Waals surface area contributed by atoms with Crippen LogP contribution in [0.4, 0.5) is 5.82 Å². The van der Waals surface area contributed by atoms with E-state index in [1.807, 2.05) is 27.1 Å². The van der Waals surface area contributed by atoms with Gasteiger partial charge in [-0.1, -0.05) is 6.92 Å². The molecular weight excluding hydrogens is 252 g/mol. The highest BCUT2D eigenvalue weighted by Crippen LogP contribution is 2.12. The summed E-state index contributed by atoms with van der Waals surface area (Å²) in [7, 11) is 5.82. The number of amides is 1. The number of nitrogens with zero attached hydrogens (tertiary/aromatic N) is 2. The zero-order valence-electron chi connectivity index (χ0n) is 13.4. The van der Waals surface area contributed by atoms with Crippen LogP contribution in [0.2, 0.25) is 0 Å². The summed E-state index contributed by atoms with van der Waals surface area (Å²) < 4.78 is 0. The van der Waals surface area contributed by atoms with E-state index in [1.165, 1.54) is 0 Å². The van der Waals surface area contributed by atoms with Crippen molar-refractivity contribution in [2.24, 2.45) is 0 Å². The summed E-state index contributed by atoms with van der Waals surface area (Å²) in [6, 6.07) is 3.62. The maximum atomic E-state index is 12.3. The highest BCUT2D eigenvalue weighted by atomic mass is 16.1. The normalized spacial score (nSPS) is 11.6. The van der Waals surface area contributed by atoms with Gasteiger partial charge in [0, 0.05) is 30.4 Å². The first kappa shape index (κ1) is 16.4. The lowest BCUT2D eigenvalue weighted by atomic mass is 10.0. The summed E-state index contributed by atoms with van der Waals surface area (Å²) in [4.78, 5) is 18.7. The topological polar surface area (TPSA) is 57.3 Å². The maximum absolute atomic E-state index is 12.3. The summed E-state index contributed by atoms with van der Waals surface area (Å²) in [6.45, 7) is 6.81. The van der Waals surface area contributed by atoms with Crippen molar-refractivity contribution in [2.75, 3.05) is 33.0 Å². The second-order valence-corrected chi connectivity index (χ2v) is 5.73. The molecule has 1 aromatic rings. The Bertz CT molecular complexity index is 447. The van der Waals surface area contributed by atoms with Crippen LogP contribution in [0, 0.1) is 0 Å². The summed E-state index contributed by atoms with van der Waals surface area (Å²) in [6.07, 6.45) is 0.805. The van der Waals surface area contributed by atoms with E-state index in [0.29, 0.717) is 12.1 Å². The molecule has 1 heterocycles. The van der Waals surface area contributed by atoms with Crippen molar-refractivity contribution < 1.29 is 4.79 Å². The molecule has 5 nitrogen and oxygen atoms in total. The molecular formula is C15H26N4O. The number of hydrogen-bond acceptors (Lipinski definition) is 4. The van der Waals surface area contributed by atoms with Crippen molar-refractivity contribution in [3.05, 3.63) is 23.4 Å². The third-order valence-corrected chi connectivity index (χ3v) is 3.65. The summed E-state index contributed by atoms with van der Waals surface area (Å²) in [5.74, 6) is 0.662. The van der Waals surface area contributed by atoms with Gasteiger partial charge in [0.05, 0.1) is 0 Å². The lowest BCUT2D eigenvalue weighted by molar-refractivity contribution is 0.0919. The SMILES string of the molecule is CCc1cc(C(=O)NCC(C)(C)N(C)C)cc(NC)n1. The second-order valence-electron chi connectivity index (χ2n) is 5.73. The van der Waals surface area contributed by atoms with E-state index < -0.39 is 0 Å². The smallest absolute Gasteiger partial charge is 0.251 e. The van der Waals surface area contributed by atoms with Gasteiger partial charge in [0.25, 0.3) is 5.91 Å². The lowest BCUT2D eigenvalue weighted by Gasteiger charge is -2.32. The molecule has 0 spiro atoms. The zero-order valence-corrected chi connectivity index (χ0v) is 13.4. The Labute approximate surface area is 121 Å². The first-order valence-electron chi connectivity index (χ1n) is 6.94. The summed E-state index contributed by atoms with van der Waals surface area (Å²) >= 11 is 0. The van der Waals surface area contributed by atoms with Crippen molar-refractivity contribution in [2.45, 2.75) is 32.7 Å². The molecule has 0 aliphatic heterocycles. The van der Waals surface area contributed by atoms with Crippen molar-refractivity contribution in [1.29, 1.82) is 0 Å². The lowest BCUT2D eigenvalue weighted by Crippen LogP contribution is -2.48. The molecule has 112 valence electrons. The van der Waals surface area contributed by atoms with Crippen molar-refractivity contribution in [3.8, 4) is 0 Å². The van der Waals surface area contributed by atoms with Crippen LogP contribution in [-0.2, 0) is 6.42 Å². The molecule has 1 amide bonds. The maximum Gasteiger partial charge on any atom is 0.251 e. The van der Waals surface area contributed by atoms with E-state index in [-0.39, 0.29) is 11.4 Å². The molecule has 0 saturated heterocycles. The Kier molecular flexibility index (Phi) is 5.51. The first-order chi connectivity index (χ1) is 9.30. The number of rotatable bonds is 6. The number of pyridine rings is 1. The van der Waals surface area contributed by atoms with Crippen LogP contribution in [0.5, 0.6) is 0 Å². The minimum Gasteiger partial charge on any atom is -0.373 e. The molecule has 0 radical (unpaired) electrons. The fraction of sp³-hybridized carbons (Fsp3) is 0.600. The molecule has 0 aromatic carbocycles. The molecule has 0 fully saturated rings. The molecule has 1 aromatic heterocycles. The number of carbonyl (C=O) groups is 1. The molecule has 2 N–H and O–H groups in total. The molecule has 0 saturated carbocycles. The largest absolute Gasteiger partial charge is 0.373 e. The Morgan fingerprint density at radius 3 is 2.50 bits per heavy atom. The summed E-state index contributed by atoms with van der Waals surface area (Å²) in [5.41, 5.74) is 1.48. The number of aryl methyl sites for hydroxylation is 1. The number of likely N-dealkylation sites (N-methyl/N-ethyl adjacent to an activating group) is 1. The number of carbonyl (C=O) groups excluding carboxylic acids is 1. The molecule has 20 heavy (non-hydrogen) atoms. The van der Waals surface area contributed by atoms with E-state index >= 15 is 0 Å². The second kappa shape index (κ2) is 6.70. The number of aromatic nitrogens is 1. The average Bonchev–Trinajstić information content (AvgIpc) is 2.43. The van der Waals surface area contributed by atoms with Crippen molar-refractivity contribution >= 4 is 11.7 Å². The minimum atomic E-state index is -0.0812. The standard InChI is InChI=1S/C15H26N4O/c1-7-12-8-11(9-13(16-4)18-12)14(20)17-10-15(2,3)19(5)6/h8-9H,7,10H2,1-6H3,(H,16,18)(H,17,20). The van der Waals surface area contributed by atoms with Gasteiger partial charge in [0.15, 0.2) is 0 Å². The number of nitrogens with one attached hydrogen (secondary N) is 2. The first-order valence-corrected chi connectivity index (χ1v) is 6.94. The Morgan fingerprint density at radius 1 is 1.35 bits per heavy atom. The van der Waals surface area contributed by atoms with Crippen LogP contribution >= 0.6 is 0 Å². The van der Waals surface area contributed by atoms with Gasteiger partial charge >= 0.3 is 0 Å². The van der Waals surface area contributed by atoms with Gasteiger partial charge in [-0.25, -0.2) is 4.98 Å². The van der Waals surface area contributed by atoms with Crippen LogP contribution in [0.1, 0.15) is 36.8 Å². The van der Waals surface area contributed by atoms with Crippen LogP contribution in [-0.4, -0.2) is 49.0 Å². The highest BCUT2D eigenvalue weighted by Gasteiger charge is 2.21. The van der Waals surface area contributed by atoms with Crippen LogP contribution in [0.3, 0.4) is 0 Å². The third-order valence-electron chi connectivity index (χ3n) is 3.65. The minimum absolute atomic E-state index is 0.0616. The number of anilines is 1. The van der Waals surface area contributed by atoms with Gasteiger partial charge in [-0.05, 0) is 46.5 Å². The molecule has 0 atom stereocenters. The van der Waals surface area contributed by atoms with Gasteiger partial charge in [0.2, 0.25) is 0 Å². The molecule has 1 rings (SSSR count). The van der Waals surface area contributed by atoms with Crippen LogP contribution < -0.4 is 10.6 Å². The van der Waals surface area contributed by atoms with Crippen LogP contribution in [0.15, 0.2) is 12.1 Å². The quantitative estimate of drug-likeness (QED) is 0.832. The fourth-order valence-electron chi connectivity index (χ4n) is 1.58. The van der Waals surface area contributed by atoms with Gasteiger partial charge in [-0.15, -0.1) is 0 Å². The van der Waals surface area contributed by atoms with E-state index in [0.717, 1.165) is 17.9 Å². The van der Waals surface area contributed by atoms with Crippen molar-refractivity contribution in [1.82, 2.24) is 15.2 Å². The predicted octanol–water partition coefficient (Wildman–Crippen LogP) is 1.76.